The summed E-state index contributed by atoms with van der Waals surface area (Å²) in [5.74, 6) is 0.245. The first kappa shape index (κ1) is 14.4. The lowest BCUT2D eigenvalue weighted by atomic mass is 10.2. The van der Waals surface area contributed by atoms with Crippen molar-refractivity contribution in [2.45, 2.75) is 6.54 Å². The highest BCUT2D eigenvalue weighted by Gasteiger charge is 2.12. The third-order valence-electron chi connectivity index (χ3n) is 2.63. The minimum Gasteiger partial charge on any atom is -0.383 e. The van der Waals surface area contributed by atoms with Crippen molar-refractivity contribution < 1.29 is 9.66 Å². The van der Waals surface area contributed by atoms with Crippen molar-refractivity contribution in [2.24, 2.45) is 0 Å². The van der Waals surface area contributed by atoms with Gasteiger partial charge in [0.15, 0.2) is 0 Å². The first-order chi connectivity index (χ1) is 10.1. The van der Waals surface area contributed by atoms with E-state index in [1.807, 2.05) is 6.07 Å². The summed E-state index contributed by atoms with van der Waals surface area (Å²) in [4.78, 5) is 14.0. The Bertz CT molecular complexity index is 691. The molecule has 0 aromatic carbocycles. The van der Waals surface area contributed by atoms with Gasteiger partial charge in [-0.15, -0.1) is 0 Å². The molecule has 0 aliphatic carbocycles. The largest absolute Gasteiger partial charge is 0.383 e. The molecule has 0 aliphatic heterocycles. The summed E-state index contributed by atoms with van der Waals surface area (Å²) in [5, 5.41) is 26.7. The number of pyridine rings is 1. The molecule has 0 aliphatic rings. The standard InChI is InChI=1S/C12H12N6O3/c1-21-3-2-17-8-10(6-15-17)16-12-9(5-13)4-11(7-14-12)18(19)20/h4,6-8H,2-3H2,1H3,(H,14,16). The molecule has 108 valence electrons. The van der Waals surface area contributed by atoms with Crippen LogP contribution in [-0.4, -0.2) is 33.4 Å². The molecule has 0 bridgehead atoms. The molecule has 0 radical (unpaired) electrons. The molecule has 0 atom stereocenters. The van der Waals surface area contributed by atoms with E-state index in [0.717, 1.165) is 6.20 Å². The van der Waals surface area contributed by atoms with Crippen LogP contribution >= 0.6 is 0 Å². The van der Waals surface area contributed by atoms with Crippen molar-refractivity contribution in [3.63, 3.8) is 0 Å². The SMILES string of the molecule is COCCn1cc(Nc2ncc([N+](=O)[O-])cc2C#N)cn1. The molecule has 2 rings (SSSR count). The van der Waals surface area contributed by atoms with Crippen molar-refractivity contribution in [1.82, 2.24) is 14.8 Å². The van der Waals surface area contributed by atoms with Crippen LogP contribution < -0.4 is 5.32 Å². The average molecular weight is 288 g/mol. The first-order valence-electron chi connectivity index (χ1n) is 5.97. The third-order valence-corrected chi connectivity index (χ3v) is 2.63. The van der Waals surface area contributed by atoms with Crippen molar-refractivity contribution >= 4 is 17.2 Å². The second-order valence-corrected chi connectivity index (χ2v) is 4.07. The number of nitro groups is 1. The van der Waals surface area contributed by atoms with Crippen LogP contribution in [0.3, 0.4) is 0 Å². The quantitative estimate of drug-likeness (QED) is 0.631. The molecular formula is C12H12N6O3. The van der Waals surface area contributed by atoms with Crippen molar-refractivity contribution in [2.75, 3.05) is 19.0 Å². The maximum Gasteiger partial charge on any atom is 0.289 e. The van der Waals surface area contributed by atoms with Gasteiger partial charge in [0.25, 0.3) is 5.69 Å². The monoisotopic (exact) mass is 288 g/mol. The zero-order valence-electron chi connectivity index (χ0n) is 11.2. The molecule has 0 spiro atoms. The zero-order valence-corrected chi connectivity index (χ0v) is 11.2. The lowest BCUT2D eigenvalue weighted by Gasteiger charge is -2.04. The maximum absolute atomic E-state index is 10.7. The molecule has 2 aromatic rings. The topological polar surface area (TPSA) is 119 Å². The Morgan fingerprint density at radius 1 is 1.57 bits per heavy atom. The van der Waals surface area contributed by atoms with Crippen LogP contribution in [0.2, 0.25) is 0 Å². The maximum atomic E-state index is 10.7. The number of anilines is 2. The molecule has 0 saturated heterocycles. The highest BCUT2D eigenvalue weighted by Crippen LogP contribution is 2.21. The van der Waals surface area contributed by atoms with E-state index in [-0.39, 0.29) is 17.1 Å². The fourth-order valence-electron chi connectivity index (χ4n) is 1.61. The highest BCUT2D eigenvalue weighted by atomic mass is 16.6. The molecule has 9 nitrogen and oxygen atoms in total. The Morgan fingerprint density at radius 3 is 3.05 bits per heavy atom. The van der Waals surface area contributed by atoms with Crippen LogP contribution in [0.1, 0.15) is 5.56 Å². The van der Waals surface area contributed by atoms with Gasteiger partial charge in [-0.3, -0.25) is 14.8 Å². The lowest BCUT2D eigenvalue weighted by molar-refractivity contribution is -0.385. The molecule has 9 heteroatoms. The van der Waals surface area contributed by atoms with E-state index in [1.54, 1.807) is 24.2 Å². The van der Waals surface area contributed by atoms with Gasteiger partial charge in [-0.05, 0) is 0 Å². The van der Waals surface area contributed by atoms with Crippen molar-refractivity contribution in [1.29, 1.82) is 5.26 Å². The fourth-order valence-corrected chi connectivity index (χ4v) is 1.61. The first-order valence-corrected chi connectivity index (χ1v) is 5.97. The molecular weight excluding hydrogens is 276 g/mol. The number of hydrogen-bond donors (Lipinski definition) is 1. The van der Waals surface area contributed by atoms with Crippen LogP contribution in [0.4, 0.5) is 17.2 Å². The van der Waals surface area contributed by atoms with E-state index in [4.69, 9.17) is 10.00 Å². The Balaban J connectivity index is 2.17. The second-order valence-electron chi connectivity index (χ2n) is 4.07. The van der Waals surface area contributed by atoms with Crippen LogP contribution in [0.25, 0.3) is 0 Å². The summed E-state index contributed by atoms with van der Waals surface area (Å²) < 4.78 is 6.61. The molecule has 2 heterocycles. The number of aromatic nitrogens is 3. The number of nitrogens with one attached hydrogen (secondary N) is 1. The van der Waals surface area contributed by atoms with Gasteiger partial charge in [0.2, 0.25) is 0 Å². The minimum atomic E-state index is -0.597. The van der Waals surface area contributed by atoms with Gasteiger partial charge in [0.1, 0.15) is 23.6 Å². The Morgan fingerprint density at radius 2 is 2.38 bits per heavy atom. The van der Waals surface area contributed by atoms with Crippen LogP contribution in [-0.2, 0) is 11.3 Å². The molecule has 0 saturated carbocycles. The van der Waals surface area contributed by atoms with E-state index < -0.39 is 4.92 Å². The molecule has 0 unspecified atom stereocenters. The number of nitrogens with zero attached hydrogens (tertiary/aromatic N) is 5. The number of hydrogen-bond acceptors (Lipinski definition) is 7. The van der Waals surface area contributed by atoms with E-state index in [0.29, 0.717) is 18.8 Å². The van der Waals surface area contributed by atoms with Crippen LogP contribution in [0.15, 0.2) is 24.7 Å². The Hall–Kier alpha value is -2.99. The number of ether oxygens (including phenoxy) is 1. The predicted molar refractivity (Wildman–Crippen MR) is 73.0 cm³/mol. The summed E-state index contributed by atoms with van der Waals surface area (Å²) in [5.41, 5.74) is 0.491. The van der Waals surface area contributed by atoms with E-state index in [1.165, 1.54) is 6.07 Å². The average Bonchev–Trinajstić information content (AvgIpc) is 2.92. The molecule has 21 heavy (non-hydrogen) atoms. The van der Waals surface area contributed by atoms with Gasteiger partial charge < -0.3 is 10.1 Å². The minimum absolute atomic E-state index is 0.0915. The number of nitriles is 1. The third kappa shape index (κ3) is 3.52. The summed E-state index contributed by atoms with van der Waals surface area (Å²) >= 11 is 0. The number of rotatable bonds is 6. The van der Waals surface area contributed by atoms with Gasteiger partial charge in [0.05, 0.1) is 30.0 Å². The van der Waals surface area contributed by atoms with E-state index >= 15 is 0 Å². The van der Waals surface area contributed by atoms with Gasteiger partial charge in [-0.1, -0.05) is 0 Å². The van der Waals surface area contributed by atoms with E-state index in [2.05, 4.69) is 15.4 Å². The normalized spacial score (nSPS) is 10.1. The lowest BCUT2D eigenvalue weighted by Crippen LogP contribution is -2.04. The Labute approximate surface area is 119 Å². The van der Waals surface area contributed by atoms with E-state index in [9.17, 15) is 10.1 Å². The molecule has 2 aromatic heterocycles. The predicted octanol–water partition coefficient (Wildman–Crippen LogP) is 1.45. The molecule has 1 N–H and O–H groups in total. The van der Waals surface area contributed by atoms with Crippen molar-refractivity contribution in [3.05, 3.63) is 40.3 Å². The fraction of sp³-hybridized carbons (Fsp3) is 0.250. The summed E-state index contributed by atoms with van der Waals surface area (Å²) in [6.45, 7) is 1.12. The van der Waals surface area contributed by atoms with Gasteiger partial charge >= 0.3 is 0 Å². The second kappa shape index (κ2) is 6.44. The molecule has 0 amide bonds. The van der Waals surface area contributed by atoms with Gasteiger partial charge in [0, 0.05) is 19.4 Å². The zero-order chi connectivity index (χ0) is 15.2. The van der Waals surface area contributed by atoms with Gasteiger partial charge in [-0.2, -0.15) is 10.4 Å². The van der Waals surface area contributed by atoms with Gasteiger partial charge in [-0.25, -0.2) is 4.98 Å². The summed E-state index contributed by atoms with van der Waals surface area (Å²) in [6.07, 6.45) is 4.39. The summed E-state index contributed by atoms with van der Waals surface area (Å²) in [6, 6.07) is 3.05. The van der Waals surface area contributed by atoms with Crippen LogP contribution in [0, 0.1) is 21.4 Å². The summed E-state index contributed by atoms with van der Waals surface area (Å²) in [7, 11) is 1.60. The highest BCUT2D eigenvalue weighted by molar-refractivity contribution is 5.63. The number of methoxy groups -OCH3 is 1. The smallest absolute Gasteiger partial charge is 0.289 e. The molecule has 0 fully saturated rings. The van der Waals surface area contributed by atoms with Crippen molar-refractivity contribution in [3.8, 4) is 6.07 Å². The Kier molecular flexibility index (Phi) is 4.43. The van der Waals surface area contributed by atoms with Crippen LogP contribution in [0.5, 0.6) is 0 Å².